The largest absolute Gasteiger partial charge is 0.496 e. The second-order valence-corrected chi connectivity index (χ2v) is 7.29. The molecule has 2 rings (SSSR count). The average Bonchev–Trinajstić information content (AvgIpc) is 3.14. The van der Waals surface area contributed by atoms with Gasteiger partial charge in [0.05, 0.1) is 26.8 Å². The Morgan fingerprint density at radius 2 is 2.19 bits per heavy atom. The van der Waals surface area contributed by atoms with E-state index in [0.717, 1.165) is 42.0 Å². The van der Waals surface area contributed by atoms with Crippen molar-refractivity contribution in [2.45, 2.75) is 13.0 Å². The standard InChI is InChI=1S/C18H27BrN4O3.HI/c1-23(2)17(24)11-22-18(20-9-13-6-7-26-12-13)21-10-14-8-15(19)4-5-16(14)25-3;/h4-5,8,13H,6-7,9-12H2,1-3H3,(H2,20,21,22);1H. The van der Waals surface area contributed by atoms with Crippen LogP contribution in [-0.2, 0) is 16.1 Å². The van der Waals surface area contributed by atoms with Gasteiger partial charge in [-0.25, -0.2) is 4.99 Å². The van der Waals surface area contributed by atoms with Gasteiger partial charge in [0.15, 0.2) is 5.96 Å². The number of aliphatic imine (C=N–C) groups is 1. The number of carbonyl (C=O) groups excluding carboxylic acids is 1. The third-order valence-electron chi connectivity index (χ3n) is 4.14. The Labute approximate surface area is 186 Å². The molecule has 1 atom stereocenters. The van der Waals surface area contributed by atoms with Crippen molar-refractivity contribution >= 4 is 51.8 Å². The lowest BCUT2D eigenvalue weighted by Crippen LogP contribution is -2.44. The normalized spacial score (nSPS) is 16.4. The predicted molar refractivity (Wildman–Crippen MR) is 121 cm³/mol. The number of halogens is 2. The van der Waals surface area contributed by atoms with Gasteiger partial charge in [-0.2, -0.15) is 0 Å². The van der Waals surface area contributed by atoms with E-state index in [2.05, 4.69) is 31.6 Å². The molecule has 1 aliphatic heterocycles. The summed E-state index contributed by atoms with van der Waals surface area (Å²) in [6.45, 7) is 2.96. The lowest BCUT2D eigenvalue weighted by molar-refractivity contribution is -0.127. The quantitative estimate of drug-likeness (QED) is 0.307. The van der Waals surface area contributed by atoms with Crippen LogP contribution in [0.2, 0.25) is 0 Å². The number of amides is 1. The Bertz CT molecular complexity index is 637. The molecular weight excluding hydrogens is 527 g/mol. The fourth-order valence-corrected chi connectivity index (χ4v) is 2.92. The molecule has 1 amide bonds. The van der Waals surface area contributed by atoms with Crippen LogP contribution in [0.3, 0.4) is 0 Å². The van der Waals surface area contributed by atoms with E-state index in [1.54, 1.807) is 26.1 Å². The molecule has 7 nitrogen and oxygen atoms in total. The van der Waals surface area contributed by atoms with Gasteiger partial charge in [0.25, 0.3) is 0 Å². The monoisotopic (exact) mass is 554 g/mol. The minimum Gasteiger partial charge on any atom is -0.496 e. The topological polar surface area (TPSA) is 75.2 Å². The molecule has 0 spiro atoms. The van der Waals surface area contributed by atoms with E-state index in [9.17, 15) is 4.79 Å². The SMILES string of the molecule is COc1ccc(Br)cc1CN=C(NCC(=O)N(C)C)NCC1CCOC1.I. The lowest BCUT2D eigenvalue weighted by atomic mass is 10.1. The van der Waals surface area contributed by atoms with Crippen molar-refractivity contribution in [3.8, 4) is 5.75 Å². The summed E-state index contributed by atoms with van der Waals surface area (Å²) in [4.78, 5) is 18.0. The zero-order valence-corrected chi connectivity index (χ0v) is 19.9. The second-order valence-electron chi connectivity index (χ2n) is 6.37. The van der Waals surface area contributed by atoms with Crippen LogP contribution in [0.15, 0.2) is 27.7 Å². The van der Waals surface area contributed by atoms with Crippen molar-refractivity contribution in [2.75, 3.05) is 47.5 Å². The highest BCUT2D eigenvalue weighted by atomic mass is 127. The van der Waals surface area contributed by atoms with E-state index >= 15 is 0 Å². The first-order valence-electron chi connectivity index (χ1n) is 8.62. The summed E-state index contributed by atoms with van der Waals surface area (Å²) in [5.74, 6) is 1.84. The molecule has 0 radical (unpaired) electrons. The van der Waals surface area contributed by atoms with Gasteiger partial charge in [0, 0.05) is 43.2 Å². The van der Waals surface area contributed by atoms with Crippen molar-refractivity contribution < 1.29 is 14.3 Å². The van der Waals surface area contributed by atoms with E-state index in [4.69, 9.17) is 9.47 Å². The molecule has 1 aromatic rings. The van der Waals surface area contributed by atoms with Gasteiger partial charge in [-0.15, -0.1) is 24.0 Å². The highest BCUT2D eigenvalue weighted by Crippen LogP contribution is 2.23. The maximum atomic E-state index is 11.9. The summed E-state index contributed by atoms with van der Waals surface area (Å²) in [5.41, 5.74) is 0.964. The summed E-state index contributed by atoms with van der Waals surface area (Å²) >= 11 is 3.47. The summed E-state index contributed by atoms with van der Waals surface area (Å²) in [5, 5.41) is 6.42. The molecule has 2 N–H and O–H groups in total. The van der Waals surface area contributed by atoms with Gasteiger partial charge in [-0.1, -0.05) is 15.9 Å². The number of likely N-dealkylation sites (N-methyl/N-ethyl adjacent to an activating group) is 1. The summed E-state index contributed by atoms with van der Waals surface area (Å²) in [6.07, 6.45) is 1.04. The van der Waals surface area contributed by atoms with E-state index in [1.165, 1.54) is 0 Å². The number of carbonyl (C=O) groups is 1. The minimum atomic E-state index is -0.0104. The Morgan fingerprint density at radius 1 is 1.41 bits per heavy atom. The molecule has 0 aromatic heterocycles. The highest BCUT2D eigenvalue weighted by Gasteiger charge is 2.16. The van der Waals surface area contributed by atoms with Crippen molar-refractivity contribution in [3.63, 3.8) is 0 Å². The Morgan fingerprint density at radius 3 is 2.81 bits per heavy atom. The molecule has 1 fully saturated rings. The average molecular weight is 555 g/mol. The van der Waals surface area contributed by atoms with E-state index in [1.807, 2.05) is 18.2 Å². The van der Waals surface area contributed by atoms with Crippen LogP contribution >= 0.6 is 39.9 Å². The molecule has 0 aliphatic carbocycles. The maximum absolute atomic E-state index is 11.9. The fraction of sp³-hybridized carbons (Fsp3) is 0.556. The molecule has 1 saturated heterocycles. The van der Waals surface area contributed by atoms with Gasteiger partial charge in [0.1, 0.15) is 5.75 Å². The first kappa shape index (κ1) is 24.0. The third-order valence-corrected chi connectivity index (χ3v) is 4.63. The van der Waals surface area contributed by atoms with Gasteiger partial charge in [-0.3, -0.25) is 4.79 Å². The summed E-state index contributed by atoms with van der Waals surface area (Å²) < 4.78 is 11.8. The molecule has 1 heterocycles. The van der Waals surface area contributed by atoms with E-state index in [-0.39, 0.29) is 36.4 Å². The second kappa shape index (κ2) is 12.4. The molecular formula is C18H28BrIN4O3. The van der Waals surface area contributed by atoms with Crippen molar-refractivity contribution in [1.82, 2.24) is 15.5 Å². The molecule has 27 heavy (non-hydrogen) atoms. The van der Waals surface area contributed by atoms with Crippen molar-refractivity contribution in [1.29, 1.82) is 0 Å². The van der Waals surface area contributed by atoms with Crippen LogP contribution in [-0.4, -0.2) is 64.3 Å². The number of methoxy groups -OCH3 is 1. The summed E-state index contributed by atoms with van der Waals surface area (Å²) in [6, 6.07) is 5.82. The zero-order valence-electron chi connectivity index (χ0n) is 16.0. The number of guanidine groups is 1. The lowest BCUT2D eigenvalue weighted by Gasteiger charge is -2.17. The summed E-state index contributed by atoms with van der Waals surface area (Å²) in [7, 11) is 5.11. The number of hydrogen-bond donors (Lipinski definition) is 2. The van der Waals surface area contributed by atoms with E-state index < -0.39 is 0 Å². The van der Waals surface area contributed by atoms with Gasteiger partial charge < -0.3 is 25.0 Å². The number of rotatable bonds is 7. The van der Waals surface area contributed by atoms with Crippen LogP contribution in [0.1, 0.15) is 12.0 Å². The van der Waals surface area contributed by atoms with Crippen LogP contribution in [0.25, 0.3) is 0 Å². The Hall–Kier alpha value is -1.07. The number of nitrogens with one attached hydrogen (secondary N) is 2. The van der Waals surface area contributed by atoms with Crippen LogP contribution in [0, 0.1) is 5.92 Å². The Balaban J connectivity index is 0.00000364. The molecule has 0 bridgehead atoms. The number of nitrogens with zero attached hydrogens (tertiary/aromatic N) is 2. The first-order chi connectivity index (χ1) is 12.5. The van der Waals surface area contributed by atoms with Crippen LogP contribution in [0.4, 0.5) is 0 Å². The molecule has 0 saturated carbocycles. The van der Waals surface area contributed by atoms with Crippen LogP contribution in [0.5, 0.6) is 5.75 Å². The molecule has 1 unspecified atom stereocenters. The fourth-order valence-electron chi connectivity index (χ4n) is 2.51. The molecule has 1 aromatic carbocycles. The number of ether oxygens (including phenoxy) is 2. The molecule has 1 aliphatic rings. The zero-order chi connectivity index (χ0) is 18.9. The Kier molecular flexibility index (Phi) is 11.0. The number of benzene rings is 1. The van der Waals surface area contributed by atoms with Crippen molar-refractivity contribution in [2.24, 2.45) is 10.9 Å². The molecule has 9 heteroatoms. The van der Waals surface area contributed by atoms with E-state index in [0.29, 0.717) is 18.4 Å². The third kappa shape index (κ3) is 8.22. The van der Waals surface area contributed by atoms with Gasteiger partial charge in [-0.05, 0) is 24.6 Å². The predicted octanol–water partition coefficient (Wildman–Crippen LogP) is 2.24. The minimum absolute atomic E-state index is 0. The molecule has 152 valence electrons. The smallest absolute Gasteiger partial charge is 0.241 e. The maximum Gasteiger partial charge on any atom is 0.241 e. The van der Waals surface area contributed by atoms with Gasteiger partial charge >= 0.3 is 0 Å². The first-order valence-corrected chi connectivity index (χ1v) is 9.41. The van der Waals surface area contributed by atoms with Gasteiger partial charge in [0.2, 0.25) is 5.91 Å². The highest BCUT2D eigenvalue weighted by molar-refractivity contribution is 14.0. The van der Waals surface area contributed by atoms with Crippen molar-refractivity contribution in [3.05, 3.63) is 28.2 Å². The number of hydrogen-bond acceptors (Lipinski definition) is 4. The van der Waals surface area contributed by atoms with Crippen LogP contribution < -0.4 is 15.4 Å².